The molecule has 0 radical (unpaired) electrons. The van der Waals surface area contributed by atoms with Gasteiger partial charge in [-0.15, -0.1) is 0 Å². The Kier molecular flexibility index (Phi) is 4.71. The molecule has 24 heavy (non-hydrogen) atoms. The number of nitrogens with zero attached hydrogens (tertiary/aromatic N) is 2. The number of aromatic nitrogens is 1. The van der Waals surface area contributed by atoms with E-state index in [2.05, 4.69) is 4.98 Å². The number of β-amino-alcohol motifs (C(OH)–C–C–N with tert-alkyl or cyclic N) is 1. The fraction of sp³-hybridized carbons (Fsp3) is 0.294. The van der Waals surface area contributed by atoms with Gasteiger partial charge in [-0.3, -0.25) is 9.78 Å². The molecule has 0 aliphatic carbocycles. The number of hydrogen-bond donors (Lipinski definition) is 1. The number of carbonyl (C=O) groups excluding carboxylic acids is 1. The Morgan fingerprint density at radius 1 is 1.38 bits per heavy atom. The van der Waals surface area contributed by atoms with Crippen molar-refractivity contribution in [2.45, 2.75) is 18.6 Å². The lowest BCUT2D eigenvalue weighted by molar-refractivity contribution is -0.134. The van der Waals surface area contributed by atoms with E-state index < -0.39 is 29.7 Å². The summed E-state index contributed by atoms with van der Waals surface area (Å²) in [4.78, 5) is 17.6. The van der Waals surface area contributed by atoms with Crippen LogP contribution in [0.15, 0.2) is 42.7 Å². The number of aliphatic hydroxyl groups excluding tert-OH is 1. The van der Waals surface area contributed by atoms with Crippen LogP contribution in [0.2, 0.25) is 0 Å². The van der Waals surface area contributed by atoms with E-state index in [1.165, 1.54) is 11.1 Å². The molecule has 2 heterocycles. The van der Waals surface area contributed by atoms with Crippen molar-refractivity contribution in [2.75, 3.05) is 13.2 Å². The molecule has 1 amide bonds. The highest BCUT2D eigenvalue weighted by Gasteiger charge is 2.36. The first-order valence-corrected chi connectivity index (χ1v) is 7.50. The molecule has 1 N–H and O–H groups in total. The normalized spacial score (nSPS) is 20.2. The Morgan fingerprint density at radius 3 is 2.96 bits per heavy atom. The number of amides is 1. The molecule has 2 aromatic rings. The molecule has 2 atom stereocenters. The zero-order valence-corrected chi connectivity index (χ0v) is 12.7. The molecule has 1 aromatic carbocycles. The van der Waals surface area contributed by atoms with Crippen molar-refractivity contribution in [2.24, 2.45) is 0 Å². The Balaban J connectivity index is 1.75. The minimum atomic E-state index is -0.792. The summed E-state index contributed by atoms with van der Waals surface area (Å²) in [7, 11) is 0. The minimum Gasteiger partial charge on any atom is -0.482 e. The highest BCUT2D eigenvalue weighted by atomic mass is 19.1. The van der Waals surface area contributed by atoms with Gasteiger partial charge in [-0.1, -0.05) is 0 Å². The van der Waals surface area contributed by atoms with Crippen molar-refractivity contribution in [1.29, 1.82) is 0 Å². The summed E-state index contributed by atoms with van der Waals surface area (Å²) in [5.74, 6) is -1.18. The topological polar surface area (TPSA) is 62.7 Å². The van der Waals surface area contributed by atoms with Gasteiger partial charge in [-0.2, -0.15) is 0 Å². The van der Waals surface area contributed by atoms with Crippen molar-refractivity contribution in [3.63, 3.8) is 0 Å². The molecule has 0 saturated carbocycles. The highest BCUT2D eigenvalue weighted by Crippen LogP contribution is 2.34. The average Bonchev–Trinajstić information content (AvgIpc) is 2.97. The van der Waals surface area contributed by atoms with Crippen LogP contribution >= 0.6 is 0 Å². The fourth-order valence-corrected chi connectivity index (χ4v) is 2.81. The molecular weight excluding hydrogens is 318 g/mol. The number of rotatable bonds is 4. The maximum atomic E-state index is 14.0. The smallest absolute Gasteiger partial charge is 0.261 e. The van der Waals surface area contributed by atoms with Crippen LogP contribution in [0.25, 0.3) is 0 Å². The number of likely N-dealkylation sites (tertiary alicyclic amines) is 1. The second kappa shape index (κ2) is 6.92. The van der Waals surface area contributed by atoms with Crippen molar-refractivity contribution < 1.29 is 23.4 Å². The molecule has 0 unspecified atom stereocenters. The van der Waals surface area contributed by atoms with Crippen LogP contribution < -0.4 is 4.74 Å². The molecule has 1 aliphatic heterocycles. The SMILES string of the molecule is O=C(COc1cccnc1)N1C[C@@H](O)C[C@@H]1c1cc(F)ccc1F. The van der Waals surface area contributed by atoms with E-state index in [0.29, 0.717) is 5.75 Å². The third-order valence-electron chi connectivity index (χ3n) is 3.91. The maximum Gasteiger partial charge on any atom is 0.261 e. The number of pyridine rings is 1. The van der Waals surface area contributed by atoms with Crippen LogP contribution in [0.4, 0.5) is 8.78 Å². The van der Waals surface area contributed by atoms with E-state index in [4.69, 9.17) is 4.74 Å². The standard InChI is InChI=1S/C17H16F2N2O3/c18-11-3-4-15(19)14(6-11)16-7-12(22)9-21(16)17(23)10-24-13-2-1-5-20-8-13/h1-6,8,12,16,22H,7,9-10H2/t12-,16+/m0/s1. The van der Waals surface area contributed by atoms with Crippen molar-refractivity contribution >= 4 is 5.91 Å². The zero-order chi connectivity index (χ0) is 17.1. The lowest BCUT2D eigenvalue weighted by Gasteiger charge is -2.25. The number of hydrogen-bond acceptors (Lipinski definition) is 4. The van der Waals surface area contributed by atoms with Crippen molar-refractivity contribution in [1.82, 2.24) is 9.88 Å². The van der Waals surface area contributed by atoms with E-state index in [1.807, 2.05) is 0 Å². The summed E-state index contributed by atoms with van der Waals surface area (Å²) in [5, 5.41) is 9.86. The largest absolute Gasteiger partial charge is 0.482 e. The van der Waals surface area contributed by atoms with Gasteiger partial charge in [0.05, 0.1) is 18.3 Å². The van der Waals surface area contributed by atoms with Crippen molar-refractivity contribution in [3.8, 4) is 5.75 Å². The van der Waals surface area contributed by atoms with E-state index in [1.54, 1.807) is 18.3 Å². The van der Waals surface area contributed by atoms with Crippen molar-refractivity contribution in [3.05, 3.63) is 59.9 Å². The third-order valence-corrected chi connectivity index (χ3v) is 3.91. The molecular formula is C17H16F2N2O3. The lowest BCUT2D eigenvalue weighted by Crippen LogP contribution is -2.35. The second-order valence-corrected chi connectivity index (χ2v) is 5.59. The first-order chi connectivity index (χ1) is 11.5. The Labute approximate surface area is 137 Å². The second-order valence-electron chi connectivity index (χ2n) is 5.59. The summed E-state index contributed by atoms with van der Waals surface area (Å²) in [6.07, 6.45) is 2.41. The number of carbonyl (C=O) groups is 1. The Bertz CT molecular complexity index is 727. The van der Waals surface area contributed by atoms with Crippen LogP contribution in [-0.4, -0.2) is 40.2 Å². The molecule has 0 spiro atoms. The zero-order valence-electron chi connectivity index (χ0n) is 12.7. The average molecular weight is 334 g/mol. The minimum absolute atomic E-state index is 0.0514. The van der Waals surface area contributed by atoms with Gasteiger partial charge in [0, 0.05) is 18.3 Å². The van der Waals surface area contributed by atoms with Gasteiger partial charge in [0.15, 0.2) is 6.61 Å². The van der Waals surface area contributed by atoms with Crippen LogP contribution in [0.5, 0.6) is 5.75 Å². The number of halogens is 2. The summed E-state index contributed by atoms with van der Waals surface area (Å²) >= 11 is 0. The van der Waals surface area contributed by atoms with Crippen LogP contribution in [0.1, 0.15) is 18.0 Å². The van der Waals surface area contributed by atoms with Gasteiger partial charge >= 0.3 is 0 Å². The lowest BCUT2D eigenvalue weighted by atomic mass is 10.0. The van der Waals surface area contributed by atoms with Gasteiger partial charge in [0.25, 0.3) is 5.91 Å². The summed E-state index contributed by atoms with van der Waals surface area (Å²) in [5.41, 5.74) is 0.0567. The monoisotopic (exact) mass is 334 g/mol. The van der Waals surface area contributed by atoms with Crippen LogP contribution in [0, 0.1) is 11.6 Å². The Hall–Kier alpha value is -2.54. The Morgan fingerprint density at radius 2 is 2.21 bits per heavy atom. The molecule has 5 nitrogen and oxygen atoms in total. The molecule has 1 aromatic heterocycles. The van der Waals surface area contributed by atoms with Gasteiger partial charge < -0.3 is 14.7 Å². The van der Waals surface area contributed by atoms with Crippen LogP contribution in [0.3, 0.4) is 0 Å². The summed E-state index contributed by atoms with van der Waals surface area (Å²) in [6.45, 7) is -0.221. The predicted octanol–water partition coefficient (Wildman–Crippen LogP) is 2.07. The maximum absolute atomic E-state index is 14.0. The van der Waals surface area contributed by atoms with Gasteiger partial charge in [0.2, 0.25) is 0 Å². The van der Waals surface area contributed by atoms with Gasteiger partial charge in [-0.05, 0) is 36.8 Å². The number of benzene rings is 1. The quantitative estimate of drug-likeness (QED) is 0.930. The first-order valence-electron chi connectivity index (χ1n) is 7.50. The molecule has 3 rings (SSSR count). The highest BCUT2D eigenvalue weighted by molar-refractivity contribution is 5.78. The number of aliphatic hydroxyl groups is 1. The first kappa shape index (κ1) is 16.3. The number of ether oxygens (including phenoxy) is 1. The molecule has 1 saturated heterocycles. The van der Waals surface area contributed by atoms with E-state index in [0.717, 1.165) is 18.2 Å². The molecule has 7 heteroatoms. The van der Waals surface area contributed by atoms with E-state index in [-0.39, 0.29) is 25.1 Å². The summed E-state index contributed by atoms with van der Waals surface area (Å²) in [6, 6.07) is 5.69. The molecule has 0 bridgehead atoms. The van der Waals surface area contributed by atoms with Crippen LogP contribution in [-0.2, 0) is 4.79 Å². The van der Waals surface area contributed by atoms with E-state index >= 15 is 0 Å². The van der Waals surface area contributed by atoms with Gasteiger partial charge in [-0.25, -0.2) is 8.78 Å². The molecule has 1 fully saturated rings. The van der Waals surface area contributed by atoms with Gasteiger partial charge in [0.1, 0.15) is 17.4 Å². The summed E-state index contributed by atoms with van der Waals surface area (Å²) < 4.78 is 32.8. The molecule has 126 valence electrons. The third kappa shape index (κ3) is 3.51. The predicted molar refractivity (Wildman–Crippen MR) is 81.2 cm³/mol. The molecule has 1 aliphatic rings. The van der Waals surface area contributed by atoms with E-state index in [9.17, 15) is 18.7 Å². The fourth-order valence-electron chi connectivity index (χ4n) is 2.81.